The van der Waals surface area contributed by atoms with Crippen LogP contribution in [0, 0.1) is 22.7 Å². The number of aliphatic carboxylic acids is 1. The van der Waals surface area contributed by atoms with Gasteiger partial charge in [0.15, 0.2) is 11.9 Å². The molecule has 3 saturated carbocycles. The minimum absolute atomic E-state index is 0.0460. The van der Waals surface area contributed by atoms with E-state index in [-0.39, 0.29) is 29.1 Å². The zero-order valence-electron chi connectivity index (χ0n) is 21.9. The molecule has 4 fully saturated rings. The van der Waals surface area contributed by atoms with Crippen LogP contribution in [0.1, 0.15) is 91.2 Å². The van der Waals surface area contributed by atoms with Crippen LogP contribution >= 0.6 is 0 Å². The number of fused-ring (bicyclic) bond motifs is 3. The van der Waals surface area contributed by atoms with E-state index < -0.39 is 34.2 Å². The lowest BCUT2D eigenvalue weighted by Gasteiger charge is -2.59. The lowest BCUT2D eigenvalue weighted by atomic mass is 9.44. The summed E-state index contributed by atoms with van der Waals surface area (Å²) < 4.78 is 6.54. The van der Waals surface area contributed by atoms with Crippen LogP contribution in [-0.2, 0) is 30.2 Å². The summed E-state index contributed by atoms with van der Waals surface area (Å²) >= 11 is 0. The molecule has 0 amide bonds. The van der Waals surface area contributed by atoms with Gasteiger partial charge in [0.2, 0.25) is 0 Å². The largest absolute Gasteiger partial charge is 0.481 e. The molecule has 0 radical (unpaired) electrons. The highest BCUT2D eigenvalue weighted by molar-refractivity contribution is 5.86. The van der Waals surface area contributed by atoms with E-state index in [0.29, 0.717) is 19.3 Å². The number of carbonyl (C=O) groups is 2. The van der Waals surface area contributed by atoms with Crippen LogP contribution in [0.2, 0.25) is 0 Å². The highest BCUT2D eigenvalue weighted by Gasteiger charge is 2.79. The van der Waals surface area contributed by atoms with E-state index in [0.717, 1.165) is 19.3 Å². The molecule has 6 rings (SSSR count). The molecule has 0 bridgehead atoms. The van der Waals surface area contributed by atoms with E-state index in [1.165, 1.54) is 11.1 Å². The fourth-order valence-corrected chi connectivity index (χ4v) is 9.21. The van der Waals surface area contributed by atoms with Crippen molar-refractivity contribution in [1.29, 1.82) is 0 Å². The Morgan fingerprint density at radius 2 is 1.66 bits per heavy atom. The van der Waals surface area contributed by atoms with Crippen molar-refractivity contribution in [3.63, 3.8) is 0 Å². The number of hydrogen-bond donors (Lipinski definition) is 1. The van der Waals surface area contributed by atoms with Gasteiger partial charge in [0.05, 0.1) is 22.6 Å². The number of hydrogen-bond acceptors (Lipinski definition) is 5. The van der Waals surface area contributed by atoms with Gasteiger partial charge in [-0.1, -0.05) is 37.6 Å². The molecule has 1 spiro atoms. The summed E-state index contributed by atoms with van der Waals surface area (Å²) in [4.78, 5) is 32.8. The molecular formula is C29H39NO5. The van der Waals surface area contributed by atoms with Gasteiger partial charge in [0.1, 0.15) is 5.60 Å². The first-order chi connectivity index (χ1) is 16.3. The average Bonchev–Trinajstić information content (AvgIpc) is 3.47. The fourth-order valence-electron chi connectivity index (χ4n) is 9.21. The van der Waals surface area contributed by atoms with E-state index in [1.807, 2.05) is 12.0 Å². The van der Waals surface area contributed by atoms with Crippen molar-refractivity contribution < 1.29 is 24.3 Å². The van der Waals surface area contributed by atoms with Gasteiger partial charge < -0.3 is 9.84 Å². The molecule has 3 aliphatic carbocycles. The number of ketones is 1. The second-order valence-electron chi connectivity index (χ2n) is 13.3. The third-order valence-electron chi connectivity index (χ3n) is 10.9. The molecule has 7 atom stereocenters. The summed E-state index contributed by atoms with van der Waals surface area (Å²) in [5.41, 5.74) is 0.0673. The number of carboxylic acids is 1. The van der Waals surface area contributed by atoms with Gasteiger partial charge in [0.25, 0.3) is 0 Å². The maximum atomic E-state index is 13.5. The van der Waals surface area contributed by atoms with E-state index in [2.05, 4.69) is 58.9 Å². The Morgan fingerprint density at radius 3 is 2.26 bits per heavy atom. The Balaban J connectivity index is 1.38. The lowest BCUT2D eigenvalue weighted by molar-refractivity contribution is -0.301. The Kier molecular flexibility index (Phi) is 4.70. The van der Waals surface area contributed by atoms with Gasteiger partial charge in [-0.05, 0) is 88.7 Å². The van der Waals surface area contributed by atoms with Crippen molar-refractivity contribution in [3.05, 3.63) is 35.4 Å². The Morgan fingerprint density at radius 1 is 1.03 bits per heavy atom. The van der Waals surface area contributed by atoms with Crippen molar-refractivity contribution in [2.24, 2.45) is 22.7 Å². The zero-order valence-corrected chi connectivity index (χ0v) is 21.9. The fraction of sp³-hybridized carbons (Fsp3) is 0.724. The highest BCUT2D eigenvalue weighted by atomic mass is 16.7. The minimum atomic E-state index is -0.747. The standard InChI is InChI=1S/C29H39NO5/c1-25(2)17-10-7-8-11-18(17)26(3,4)30(25)35-23-19(31)12-13-20-27(5)14-9-15-28(6,24(32)33)21(27)16-22-29(20,23)34-22/h7-8,10-11,20-23H,9,12-16H2,1-6H3,(H,32,33)/t20-,21-,22-,23+,27-,28-,29+/m1/s1. The molecule has 35 heavy (non-hydrogen) atoms. The monoisotopic (exact) mass is 481 g/mol. The maximum absolute atomic E-state index is 13.5. The third kappa shape index (κ3) is 2.77. The van der Waals surface area contributed by atoms with Crippen molar-refractivity contribution in [2.75, 3.05) is 0 Å². The Hall–Kier alpha value is -1.76. The Bertz CT molecular complexity index is 1080. The third-order valence-corrected chi connectivity index (χ3v) is 10.9. The molecule has 6 nitrogen and oxygen atoms in total. The SMILES string of the molecule is CC1(C)c2ccccc2C(C)(C)N1O[C@H]1C(=O)CC[C@@H]2[C@@]3(C)CCC[C@@](C)(C(=O)O)[C@@H]3C[C@H]3O[C@@]231. The van der Waals surface area contributed by atoms with Gasteiger partial charge in [-0.25, -0.2) is 0 Å². The first kappa shape index (κ1) is 23.6. The quantitative estimate of drug-likeness (QED) is 0.599. The van der Waals surface area contributed by atoms with Gasteiger partial charge in [0, 0.05) is 6.42 Å². The molecule has 190 valence electrons. The van der Waals surface area contributed by atoms with Gasteiger partial charge >= 0.3 is 5.97 Å². The van der Waals surface area contributed by atoms with Crippen LogP contribution in [-0.4, -0.2) is 39.7 Å². The smallest absolute Gasteiger partial charge is 0.309 e. The number of benzene rings is 1. The van der Waals surface area contributed by atoms with Crippen LogP contribution in [0.25, 0.3) is 0 Å². The normalized spacial score (nSPS) is 45.1. The van der Waals surface area contributed by atoms with Crippen molar-refractivity contribution in [3.8, 4) is 0 Å². The van der Waals surface area contributed by atoms with Crippen LogP contribution in [0.15, 0.2) is 24.3 Å². The molecule has 1 aromatic carbocycles. The summed E-state index contributed by atoms with van der Waals surface area (Å²) in [5.74, 6) is -0.411. The Labute approximate surface area is 208 Å². The number of nitrogens with zero attached hydrogens (tertiary/aromatic N) is 1. The summed E-state index contributed by atoms with van der Waals surface area (Å²) in [7, 11) is 0. The number of carbonyl (C=O) groups excluding carboxylic acids is 1. The average molecular weight is 482 g/mol. The van der Waals surface area contributed by atoms with Gasteiger partial charge in [-0.2, -0.15) is 5.06 Å². The predicted molar refractivity (Wildman–Crippen MR) is 130 cm³/mol. The number of carboxylic acid groups (broad SMARTS) is 1. The molecule has 2 heterocycles. The van der Waals surface area contributed by atoms with Gasteiger partial charge in [-0.15, -0.1) is 0 Å². The number of rotatable bonds is 3. The van der Waals surface area contributed by atoms with E-state index in [1.54, 1.807) is 0 Å². The summed E-state index contributed by atoms with van der Waals surface area (Å²) in [5, 5.41) is 12.2. The first-order valence-electron chi connectivity index (χ1n) is 13.3. The van der Waals surface area contributed by atoms with E-state index in [4.69, 9.17) is 9.57 Å². The number of hydroxylamine groups is 2. The topological polar surface area (TPSA) is 79.4 Å². The molecule has 1 saturated heterocycles. The van der Waals surface area contributed by atoms with E-state index >= 15 is 0 Å². The second kappa shape index (κ2) is 6.96. The zero-order chi connectivity index (χ0) is 25.2. The number of epoxide rings is 1. The first-order valence-corrected chi connectivity index (χ1v) is 13.3. The van der Waals surface area contributed by atoms with Crippen molar-refractivity contribution in [2.45, 2.75) is 109 Å². The molecule has 1 N–H and O–H groups in total. The van der Waals surface area contributed by atoms with E-state index in [9.17, 15) is 14.7 Å². The second-order valence-corrected chi connectivity index (χ2v) is 13.3. The van der Waals surface area contributed by atoms with Gasteiger partial charge in [-0.3, -0.25) is 14.4 Å². The van der Waals surface area contributed by atoms with Crippen molar-refractivity contribution in [1.82, 2.24) is 5.06 Å². The molecule has 1 aromatic rings. The van der Waals surface area contributed by atoms with Crippen LogP contribution in [0.4, 0.5) is 0 Å². The molecule has 0 aromatic heterocycles. The number of ether oxygens (including phenoxy) is 1. The highest BCUT2D eigenvalue weighted by Crippen LogP contribution is 2.71. The van der Waals surface area contributed by atoms with Crippen LogP contribution < -0.4 is 0 Å². The molecule has 5 aliphatic rings. The predicted octanol–water partition coefficient (Wildman–Crippen LogP) is 5.19. The summed E-state index contributed by atoms with van der Waals surface area (Å²) in [6, 6.07) is 8.43. The number of Topliss-reactive ketones (excluding diaryl/α,β-unsaturated/α-hetero) is 1. The molecule has 0 unspecified atom stereocenters. The summed E-state index contributed by atoms with van der Waals surface area (Å²) in [6.45, 7) is 12.8. The molecular weight excluding hydrogens is 442 g/mol. The van der Waals surface area contributed by atoms with Crippen LogP contribution in [0.5, 0.6) is 0 Å². The molecule has 2 aliphatic heterocycles. The van der Waals surface area contributed by atoms with Crippen molar-refractivity contribution >= 4 is 11.8 Å². The maximum Gasteiger partial charge on any atom is 0.309 e. The summed E-state index contributed by atoms with van der Waals surface area (Å²) in [6.07, 6.45) is 3.72. The molecule has 6 heteroatoms. The lowest BCUT2D eigenvalue weighted by Crippen LogP contribution is -2.65. The minimum Gasteiger partial charge on any atom is -0.481 e. The van der Waals surface area contributed by atoms with Crippen LogP contribution in [0.3, 0.4) is 0 Å².